The summed E-state index contributed by atoms with van der Waals surface area (Å²) >= 11 is 1.04. The van der Waals surface area contributed by atoms with E-state index in [1.807, 2.05) is 0 Å². The molecule has 1 amide bonds. The number of nitro benzene ring substituents is 1. The van der Waals surface area contributed by atoms with Crippen molar-refractivity contribution in [2.45, 2.75) is 0 Å². The Morgan fingerprint density at radius 2 is 1.96 bits per heavy atom. The number of anilines is 1. The molecule has 0 fully saturated rings. The van der Waals surface area contributed by atoms with E-state index >= 15 is 0 Å². The van der Waals surface area contributed by atoms with Gasteiger partial charge in [-0.3, -0.25) is 30.3 Å². The van der Waals surface area contributed by atoms with E-state index in [0.717, 1.165) is 17.4 Å². The number of nitrogens with zero attached hydrogens (tertiary/aromatic N) is 3. The van der Waals surface area contributed by atoms with Gasteiger partial charge >= 0.3 is 5.88 Å². The van der Waals surface area contributed by atoms with Gasteiger partial charge in [0.15, 0.2) is 10.9 Å². The number of fused-ring (bicyclic) bond motifs is 1. The molecule has 0 unspecified atom stereocenters. The molecular weight excluding hydrogens is 328 g/mol. The number of carbonyl (C=O) groups is 1. The number of amides is 1. The molecule has 23 heavy (non-hydrogen) atoms. The minimum atomic E-state index is -0.756. The number of benzene rings is 1. The van der Waals surface area contributed by atoms with Gasteiger partial charge in [-0.15, -0.1) is 0 Å². The van der Waals surface area contributed by atoms with Gasteiger partial charge in [0.05, 0.1) is 21.2 Å². The molecule has 10 nitrogen and oxygen atoms in total. The minimum absolute atomic E-state index is 0.0827. The second-order valence-electron chi connectivity index (χ2n) is 4.28. The number of thiazole rings is 1. The zero-order chi connectivity index (χ0) is 16.6. The van der Waals surface area contributed by atoms with E-state index in [9.17, 15) is 25.0 Å². The summed E-state index contributed by atoms with van der Waals surface area (Å²) in [6.07, 6.45) is 0. The maximum atomic E-state index is 11.9. The third-order valence-electron chi connectivity index (χ3n) is 2.80. The van der Waals surface area contributed by atoms with Gasteiger partial charge in [0.25, 0.3) is 11.6 Å². The molecule has 116 valence electrons. The van der Waals surface area contributed by atoms with Gasteiger partial charge in [-0.25, -0.2) is 4.98 Å². The van der Waals surface area contributed by atoms with E-state index in [1.165, 1.54) is 24.3 Å². The molecule has 1 N–H and O–H groups in total. The smallest absolute Gasteiger partial charge is 0.395 e. The number of hydrogen-bond acceptors (Lipinski definition) is 8. The van der Waals surface area contributed by atoms with Crippen molar-refractivity contribution >= 4 is 44.2 Å². The molecule has 0 spiro atoms. The number of aromatic nitrogens is 1. The third-order valence-corrected chi connectivity index (χ3v) is 3.73. The van der Waals surface area contributed by atoms with Crippen LogP contribution in [-0.4, -0.2) is 20.7 Å². The average Bonchev–Trinajstić information content (AvgIpc) is 3.12. The van der Waals surface area contributed by atoms with Crippen molar-refractivity contribution in [3.8, 4) is 0 Å². The van der Waals surface area contributed by atoms with Crippen molar-refractivity contribution in [3.05, 3.63) is 56.3 Å². The fourth-order valence-corrected chi connectivity index (χ4v) is 2.68. The maximum Gasteiger partial charge on any atom is 0.433 e. The Morgan fingerprint density at radius 3 is 2.61 bits per heavy atom. The summed E-state index contributed by atoms with van der Waals surface area (Å²) in [6, 6.07) is 6.36. The predicted octanol–water partition coefficient (Wildman–Crippen LogP) is 2.96. The summed E-state index contributed by atoms with van der Waals surface area (Å²) in [5, 5.41) is 23.9. The lowest BCUT2D eigenvalue weighted by molar-refractivity contribution is -0.402. The Morgan fingerprint density at radius 1 is 1.17 bits per heavy atom. The summed E-state index contributed by atoms with van der Waals surface area (Å²) < 4.78 is 5.31. The first-order valence-corrected chi connectivity index (χ1v) is 6.86. The van der Waals surface area contributed by atoms with Gasteiger partial charge in [-0.05, 0) is 12.1 Å². The normalized spacial score (nSPS) is 10.6. The quantitative estimate of drug-likeness (QED) is 0.571. The van der Waals surface area contributed by atoms with Gasteiger partial charge in [0.1, 0.15) is 4.92 Å². The highest BCUT2D eigenvalue weighted by atomic mass is 32.1. The molecule has 0 bridgehead atoms. The predicted molar refractivity (Wildman–Crippen MR) is 79.6 cm³/mol. The molecule has 0 radical (unpaired) electrons. The number of hydrogen-bond donors (Lipinski definition) is 1. The molecule has 0 saturated heterocycles. The van der Waals surface area contributed by atoms with Crippen LogP contribution < -0.4 is 5.32 Å². The van der Waals surface area contributed by atoms with Crippen LogP contribution in [0.5, 0.6) is 0 Å². The Balaban J connectivity index is 1.84. The van der Waals surface area contributed by atoms with Crippen molar-refractivity contribution < 1.29 is 19.1 Å². The number of rotatable bonds is 4. The minimum Gasteiger partial charge on any atom is -0.395 e. The van der Waals surface area contributed by atoms with E-state index in [-0.39, 0.29) is 16.6 Å². The standard InChI is InChI=1S/C12H6N4O6S/c17-11(8-3-4-10(22-8)16(20)21)14-12-13-7-2-1-6(15(18)19)5-9(7)23-12/h1-5H,(H,13,14,17). The Labute approximate surface area is 130 Å². The van der Waals surface area contributed by atoms with Crippen LogP contribution in [0, 0.1) is 20.2 Å². The fraction of sp³-hybridized carbons (Fsp3) is 0. The lowest BCUT2D eigenvalue weighted by Gasteiger charge is -1.96. The second-order valence-corrected chi connectivity index (χ2v) is 5.31. The third kappa shape index (κ3) is 2.85. The summed E-state index contributed by atoms with van der Waals surface area (Å²) in [6.45, 7) is 0. The van der Waals surface area contributed by atoms with Gasteiger partial charge in [-0.2, -0.15) is 0 Å². The highest BCUT2D eigenvalue weighted by Gasteiger charge is 2.19. The second kappa shape index (κ2) is 5.46. The molecule has 2 aromatic heterocycles. The van der Waals surface area contributed by atoms with Crippen LogP contribution >= 0.6 is 11.3 Å². The number of nitro groups is 2. The number of furan rings is 1. The highest BCUT2D eigenvalue weighted by molar-refractivity contribution is 7.22. The molecule has 3 aromatic rings. The van der Waals surface area contributed by atoms with Crippen LogP contribution in [0.3, 0.4) is 0 Å². The molecule has 0 aliphatic carbocycles. The van der Waals surface area contributed by atoms with E-state index in [0.29, 0.717) is 10.2 Å². The van der Waals surface area contributed by atoms with Crippen LogP contribution in [0.4, 0.5) is 16.7 Å². The monoisotopic (exact) mass is 334 g/mol. The zero-order valence-corrected chi connectivity index (χ0v) is 11.9. The molecule has 0 aliphatic heterocycles. The first kappa shape index (κ1) is 14.6. The van der Waals surface area contributed by atoms with Crippen molar-refractivity contribution in [2.75, 3.05) is 5.32 Å². The lowest BCUT2D eigenvalue weighted by atomic mass is 10.3. The van der Waals surface area contributed by atoms with Gasteiger partial charge in [-0.1, -0.05) is 11.3 Å². The van der Waals surface area contributed by atoms with Crippen LogP contribution in [-0.2, 0) is 0 Å². The topological polar surface area (TPSA) is 141 Å². The van der Waals surface area contributed by atoms with E-state index in [2.05, 4.69) is 10.3 Å². The summed E-state index contributed by atoms with van der Waals surface area (Å²) in [7, 11) is 0. The highest BCUT2D eigenvalue weighted by Crippen LogP contribution is 2.29. The van der Waals surface area contributed by atoms with E-state index < -0.39 is 21.6 Å². The van der Waals surface area contributed by atoms with Crippen molar-refractivity contribution in [1.82, 2.24) is 4.98 Å². The molecule has 0 saturated carbocycles. The van der Waals surface area contributed by atoms with Crippen LogP contribution in [0.2, 0.25) is 0 Å². The van der Waals surface area contributed by atoms with Crippen LogP contribution in [0.1, 0.15) is 10.6 Å². The molecule has 11 heteroatoms. The largest absolute Gasteiger partial charge is 0.433 e. The first-order chi connectivity index (χ1) is 10.9. The van der Waals surface area contributed by atoms with E-state index in [4.69, 9.17) is 4.42 Å². The van der Waals surface area contributed by atoms with Gasteiger partial charge in [0, 0.05) is 12.1 Å². The van der Waals surface area contributed by atoms with Crippen molar-refractivity contribution in [2.24, 2.45) is 0 Å². The van der Waals surface area contributed by atoms with Crippen LogP contribution in [0.15, 0.2) is 34.7 Å². The lowest BCUT2D eigenvalue weighted by Crippen LogP contribution is -2.10. The molecule has 3 rings (SSSR count). The Hall–Kier alpha value is -3.34. The number of carbonyl (C=O) groups excluding carboxylic acids is 1. The Kier molecular flexibility index (Phi) is 3.46. The van der Waals surface area contributed by atoms with Gasteiger partial charge < -0.3 is 4.42 Å². The summed E-state index contributed by atoms with van der Waals surface area (Å²) in [4.78, 5) is 36.0. The molecule has 0 aliphatic rings. The van der Waals surface area contributed by atoms with Crippen molar-refractivity contribution in [3.63, 3.8) is 0 Å². The molecule has 1 aromatic carbocycles. The number of non-ortho nitro benzene ring substituents is 1. The SMILES string of the molecule is O=C(Nc1nc2ccc([N+](=O)[O-])cc2s1)c1ccc([N+](=O)[O-])o1. The number of nitrogens with one attached hydrogen (secondary N) is 1. The van der Waals surface area contributed by atoms with Crippen molar-refractivity contribution in [1.29, 1.82) is 0 Å². The molecular formula is C12H6N4O6S. The average molecular weight is 334 g/mol. The molecule has 0 atom stereocenters. The maximum absolute atomic E-state index is 11.9. The van der Waals surface area contributed by atoms with Gasteiger partial charge in [0.2, 0.25) is 0 Å². The Bertz CT molecular complexity index is 946. The fourth-order valence-electron chi connectivity index (χ4n) is 1.79. The first-order valence-electron chi connectivity index (χ1n) is 6.04. The zero-order valence-electron chi connectivity index (χ0n) is 11.1. The molecule has 2 heterocycles. The van der Waals surface area contributed by atoms with E-state index in [1.54, 1.807) is 0 Å². The summed E-state index contributed by atoms with van der Waals surface area (Å²) in [5.41, 5.74) is 0.405. The summed E-state index contributed by atoms with van der Waals surface area (Å²) in [5.74, 6) is -1.48. The van der Waals surface area contributed by atoms with Crippen LogP contribution in [0.25, 0.3) is 10.2 Å².